The SMILES string of the molecule is CN(C)C(=O)OC1=CC=[N+](C)CC1.O=C([O-])C(F)(F)F. The average Bonchev–Trinajstić information content (AvgIpc) is 2.31. The molecule has 0 radical (unpaired) electrons. The molecule has 0 spiro atoms. The van der Waals surface area contributed by atoms with Gasteiger partial charge in [0.25, 0.3) is 0 Å². The first kappa shape index (κ1) is 17.9. The summed E-state index contributed by atoms with van der Waals surface area (Å²) in [6, 6.07) is 0. The summed E-state index contributed by atoms with van der Waals surface area (Å²) in [4.78, 5) is 21.3. The van der Waals surface area contributed by atoms with Gasteiger partial charge < -0.3 is 19.5 Å². The fraction of sp³-hybridized carbons (Fsp3) is 0.545. The van der Waals surface area contributed by atoms with Crippen molar-refractivity contribution in [1.82, 2.24) is 4.90 Å². The molecule has 0 unspecified atom stereocenters. The van der Waals surface area contributed by atoms with Crippen LogP contribution in [0.3, 0.4) is 0 Å². The molecule has 1 aliphatic rings. The van der Waals surface area contributed by atoms with Crippen LogP contribution in [0.25, 0.3) is 0 Å². The van der Waals surface area contributed by atoms with Crippen molar-refractivity contribution in [3.8, 4) is 0 Å². The average molecular weight is 296 g/mol. The number of alkyl halides is 3. The molecule has 6 nitrogen and oxygen atoms in total. The number of halogens is 3. The second-order valence-electron chi connectivity index (χ2n) is 4.06. The van der Waals surface area contributed by atoms with Crippen LogP contribution >= 0.6 is 0 Å². The van der Waals surface area contributed by atoms with Gasteiger partial charge in [-0.15, -0.1) is 0 Å². The minimum Gasteiger partial charge on any atom is -0.542 e. The summed E-state index contributed by atoms with van der Waals surface area (Å²) >= 11 is 0. The summed E-state index contributed by atoms with van der Waals surface area (Å²) < 4.78 is 38.7. The van der Waals surface area contributed by atoms with E-state index >= 15 is 0 Å². The lowest BCUT2D eigenvalue weighted by atomic mass is 10.3. The standard InChI is InChI=1S/C9H15N2O2.C2HF3O2/c1-10(2)9(12)13-8-4-6-11(3)7-5-8;3-2(4,5)1(6)7/h4,6H,5,7H2,1-3H3;(H,6,7)/q+1;/p-1. The maximum Gasteiger partial charge on any atom is 0.430 e. The van der Waals surface area contributed by atoms with Gasteiger partial charge in [0.05, 0.1) is 6.42 Å². The summed E-state index contributed by atoms with van der Waals surface area (Å²) in [6.07, 6.45) is -0.997. The maximum atomic E-state index is 11.1. The number of allylic oxidation sites excluding steroid dienone is 1. The van der Waals surface area contributed by atoms with E-state index in [-0.39, 0.29) is 6.09 Å². The number of nitrogens with zero attached hydrogens (tertiary/aromatic N) is 2. The normalized spacial score (nSPS) is 14.3. The quantitative estimate of drug-likeness (QED) is 0.638. The molecule has 1 rings (SSSR count). The number of carboxylic acid groups (broad SMARTS) is 1. The molecule has 0 aliphatic carbocycles. The first-order valence-electron chi connectivity index (χ1n) is 5.45. The molecule has 0 aromatic heterocycles. The van der Waals surface area contributed by atoms with E-state index in [1.807, 2.05) is 23.9 Å². The Balaban J connectivity index is 0.000000441. The minimum atomic E-state index is -5.19. The maximum absolute atomic E-state index is 11.1. The summed E-state index contributed by atoms with van der Waals surface area (Å²) in [6.45, 7) is 0.895. The number of carbonyl (C=O) groups is 2. The lowest BCUT2D eigenvalue weighted by Crippen LogP contribution is -2.37. The van der Waals surface area contributed by atoms with Gasteiger partial charge >= 0.3 is 12.3 Å². The Morgan fingerprint density at radius 1 is 1.40 bits per heavy atom. The van der Waals surface area contributed by atoms with Crippen LogP contribution in [0.1, 0.15) is 6.42 Å². The summed E-state index contributed by atoms with van der Waals surface area (Å²) in [5, 5.41) is 8.78. The second-order valence-corrected chi connectivity index (χ2v) is 4.06. The van der Waals surface area contributed by atoms with E-state index in [1.165, 1.54) is 4.90 Å². The van der Waals surface area contributed by atoms with Crippen molar-refractivity contribution in [2.75, 3.05) is 27.7 Å². The van der Waals surface area contributed by atoms with E-state index in [0.29, 0.717) is 0 Å². The zero-order valence-electron chi connectivity index (χ0n) is 11.2. The smallest absolute Gasteiger partial charge is 0.430 e. The zero-order chi connectivity index (χ0) is 15.9. The van der Waals surface area contributed by atoms with Gasteiger partial charge in [-0.2, -0.15) is 13.2 Å². The Labute approximate surface area is 113 Å². The molecule has 1 amide bonds. The molecule has 9 heteroatoms. The fourth-order valence-corrected chi connectivity index (χ4v) is 0.943. The van der Waals surface area contributed by atoms with Crippen molar-refractivity contribution in [2.24, 2.45) is 0 Å². The van der Waals surface area contributed by atoms with Gasteiger partial charge in [0.2, 0.25) is 0 Å². The van der Waals surface area contributed by atoms with Crippen LogP contribution in [-0.2, 0) is 9.53 Å². The first-order chi connectivity index (χ1) is 9.04. The molecule has 0 aromatic rings. The number of carbonyl (C=O) groups excluding carboxylic acids is 2. The van der Waals surface area contributed by atoms with E-state index in [1.54, 1.807) is 14.1 Å². The summed E-state index contributed by atoms with van der Waals surface area (Å²) in [5.74, 6) is -2.27. The monoisotopic (exact) mass is 296 g/mol. The number of amides is 1. The lowest BCUT2D eigenvalue weighted by Gasteiger charge is -2.13. The Morgan fingerprint density at radius 2 is 1.90 bits per heavy atom. The predicted molar refractivity (Wildman–Crippen MR) is 61.0 cm³/mol. The number of rotatable bonds is 1. The molecule has 20 heavy (non-hydrogen) atoms. The van der Waals surface area contributed by atoms with Gasteiger partial charge in [-0.25, -0.2) is 9.37 Å². The van der Waals surface area contributed by atoms with Gasteiger partial charge in [-0.1, -0.05) is 0 Å². The van der Waals surface area contributed by atoms with Crippen molar-refractivity contribution in [1.29, 1.82) is 0 Å². The molecule has 1 heterocycles. The van der Waals surface area contributed by atoms with E-state index in [4.69, 9.17) is 14.6 Å². The number of aliphatic carboxylic acids is 1. The van der Waals surface area contributed by atoms with Gasteiger partial charge in [0, 0.05) is 20.2 Å². The lowest BCUT2D eigenvalue weighted by molar-refractivity contribution is -0.493. The van der Waals surface area contributed by atoms with Crippen LogP contribution in [0.5, 0.6) is 0 Å². The topological polar surface area (TPSA) is 72.7 Å². The van der Waals surface area contributed by atoms with Gasteiger partial charge in [0.15, 0.2) is 6.21 Å². The summed E-state index contributed by atoms with van der Waals surface area (Å²) in [7, 11) is 5.32. The Kier molecular flexibility index (Phi) is 6.74. The molecule has 0 saturated heterocycles. The zero-order valence-corrected chi connectivity index (χ0v) is 11.2. The second kappa shape index (κ2) is 7.51. The number of hydrogen-bond acceptors (Lipinski definition) is 4. The Hall–Kier alpha value is -2.06. The number of hydrogen-bond donors (Lipinski definition) is 0. The number of carboxylic acids is 1. The van der Waals surface area contributed by atoms with E-state index in [0.717, 1.165) is 18.7 Å². The molecular weight excluding hydrogens is 281 g/mol. The molecule has 0 saturated carbocycles. The van der Waals surface area contributed by atoms with E-state index < -0.39 is 12.1 Å². The minimum absolute atomic E-state index is 0.316. The first-order valence-corrected chi connectivity index (χ1v) is 5.45. The third-order valence-electron chi connectivity index (χ3n) is 2.04. The fourth-order valence-electron chi connectivity index (χ4n) is 0.943. The van der Waals surface area contributed by atoms with Crippen LogP contribution in [0.15, 0.2) is 11.8 Å². The molecular formula is C11H15F3N2O4. The van der Waals surface area contributed by atoms with Crippen LogP contribution < -0.4 is 5.11 Å². The van der Waals surface area contributed by atoms with Crippen molar-refractivity contribution in [3.05, 3.63) is 11.8 Å². The number of ether oxygens (including phenoxy) is 1. The molecule has 0 bridgehead atoms. The van der Waals surface area contributed by atoms with Crippen LogP contribution in [0, 0.1) is 0 Å². The molecule has 0 aromatic carbocycles. The highest BCUT2D eigenvalue weighted by Crippen LogP contribution is 2.11. The summed E-state index contributed by atoms with van der Waals surface area (Å²) in [5.41, 5.74) is 0. The van der Waals surface area contributed by atoms with Crippen LogP contribution in [-0.4, -0.2) is 61.6 Å². The third kappa shape index (κ3) is 7.39. The van der Waals surface area contributed by atoms with E-state index in [9.17, 15) is 18.0 Å². The molecule has 0 atom stereocenters. The highest BCUT2D eigenvalue weighted by atomic mass is 19.4. The highest BCUT2D eigenvalue weighted by Gasteiger charge is 2.28. The Bertz CT molecular complexity index is 428. The molecule has 0 N–H and O–H groups in total. The highest BCUT2D eigenvalue weighted by molar-refractivity contribution is 5.72. The molecule has 0 fully saturated rings. The molecule has 114 valence electrons. The van der Waals surface area contributed by atoms with Crippen LogP contribution in [0.2, 0.25) is 0 Å². The van der Waals surface area contributed by atoms with E-state index in [2.05, 4.69) is 0 Å². The van der Waals surface area contributed by atoms with Gasteiger partial charge in [0.1, 0.15) is 25.3 Å². The van der Waals surface area contributed by atoms with Crippen molar-refractivity contribution in [2.45, 2.75) is 12.6 Å². The van der Waals surface area contributed by atoms with Crippen LogP contribution in [0.4, 0.5) is 18.0 Å². The van der Waals surface area contributed by atoms with Crippen molar-refractivity contribution in [3.63, 3.8) is 0 Å². The van der Waals surface area contributed by atoms with Crippen molar-refractivity contribution >= 4 is 18.3 Å². The third-order valence-corrected chi connectivity index (χ3v) is 2.04. The Morgan fingerprint density at radius 3 is 2.20 bits per heavy atom. The van der Waals surface area contributed by atoms with Gasteiger partial charge in [-0.3, -0.25) is 0 Å². The van der Waals surface area contributed by atoms with Gasteiger partial charge in [-0.05, 0) is 0 Å². The van der Waals surface area contributed by atoms with Crippen molar-refractivity contribution < 1.29 is 37.2 Å². The molecule has 1 aliphatic heterocycles. The largest absolute Gasteiger partial charge is 0.542 e. The predicted octanol–water partition coefficient (Wildman–Crippen LogP) is -0.0161.